The summed E-state index contributed by atoms with van der Waals surface area (Å²) in [6.45, 7) is 1.89. The van der Waals surface area contributed by atoms with E-state index in [1.165, 1.54) is 0 Å². The smallest absolute Gasteiger partial charge is 0.191 e. The zero-order valence-electron chi connectivity index (χ0n) is 15.5. The van der Waals surface area contributed by atoms with E-state index in [1.807, 2.05) is 22.9 Å². The highest BCUT2D eigenvalue weighted by Gasteiger charge is 2.22. The fraction of sp³-hybridized carbons (Fsp3) is 0.500. The minimum Gasteiger partial charge on any atom is -0.497 e. The van der Waals surface area contributed by atoms with Gasteiger partial charge in [-0.25, -0.2) is 9.67 Å². The molecule has 2 aromatic rings. The van der Waals surface area contributed by atoms with Crippen molar-refractivity contribution >= 4 is 5.96 Å². The molecule has 1 atom stereocenters. The molecule has 1 aromatic carbocycles. The summed E-state index contributed by atoms with van der Waals surface area (Å²) in [6.07, 6.45) is 1.88. The maximum absolute atomic E-state index is 5.26. The highest BCUT2D eigenvalue weighted by Crippen LogP contribution is 2.14. The zero-order chi connectivity index (χ0) is 18.4. The topological polar surface area (TPSA) is 85.6 Å². The number of aromatic nitrogens is 3. The van der Waals surface area contributed by atoms with Crippen molar-refractivity contribution < 1.29 is 9.47 Å². The Labute approximate surface area is 153 Å². The fourth-order valence-electron chi connectivity index (χ4n) is 3.02. The second-order valence-electron chi connectivity index (χ2n) is 6.22. The monoisotopic (exact) mass is 358 g/mol. The average molecular weight is 358 g/mol. The van der Waals surface area contributed by atoms with Crippen molar-refractivity contribution in [3.63, 3.8) is 0 Å². The normalized spacial score (nSPS) is 16.9. The third-order valence-electron chi connectivity index (χ3n) is 4.33. The van der Waals surface area contributed by atoms with Gasteiger partial charge in [0.1, 0.15) is 18.2 Å². The van der Waals surface area contributed by atoms with Gasteiger partial charge >= 0.3 is 0 Å². The van der Waals surface area contributed by atoms with E-state index in [4.69, 9.17) is 9.47 Å². The second kappa shape index (κ2) is 8.66. The van der Waals surface area contributed by atoms with Gasteiger partial charge in [-0.1, -0.05) is 12.1 Å². The number of guanidine groups is 1. The summed E-state index contributed by atoms with van der Waals surface area (Å²) in [5.41, 5.74) is 1.14. The third-order valence-corrected chi connectivity index (χ3v) is 4.33. The lowest BCUT2D eigenvalue weighted by Gasteiger charge is -2.25. The lowest BCUT2D eigenvalue weighted by Crippen LogP contribution is -2.46. The number of fused-ring (bicyclic) bond motifs is 1. The lowest BCUT2D eigenvalue weighted by atomic mass is 10.1. The van der Waals surface area contributed by atoms with Crippen molar-refractivity contribution in [2.75, 3.05) is 21.3 Å². The molecule has 1 aliphatic heterocycles. The van der Waals surface area contributed by atoms with Crippen molar-refractivity contribution in [3.8, 4) is 5.75 Å². The summed E-state index contributed by atoms with van der Waals surface area (Å²) in [7, 11) is 5.11. The van der Waals surface area contributed by atoms with E-state index in [1.54, 1.807) is 21.3 Å². The Kier molecular flexibility index (Phi) is 6.06. The molecule has 2 heterocycles. The molecule has 140 valence electrons. The Morgan fingerprint density at radius 3 is 3.04 bits per heavy atom. The van der Waals surface area contributed by atoms with E-state index in [2.05, 4.69) is 31.8 Å². The SMILES string of the molecule is CN=C(NCc1cccc(OC)c1)NC1CCc2nc(COC)nn2C1. The minimum atomic E-state index is 0.260. The molecule has 26 heavy (non-hydrogen) atoms. The van der Waals surface area contributed by atoms with Crippen LogP contribution in [0.1, 0.15) is 23.6 Å². The molecule has 0 spiro atoms. The highest BCUT2D eigenvalue weighted by atomic mass is 16.5. The Morgan fingerprint density at radius 1 is 1.38 bits per heavy atom. The first-order valence-corrected chi connectivity index (χ1v) is 8.73. The molecule has 0 aliphatic carbocycles. The molecular formula is C18H26N6O2. The van der Waals surface area contributed by atoms with Crippen molar-refractivity contribution in [1.82, 2.24) is 25.4 Å². The molecule has 0 saturated carbocycles. The number of hydrogen-bond donors (Lipinski definition) is 2. The molecule has 0 radical (unpaired) electrons. The molecule has 8 heteroatoms. The molecule has 3 rings (SSSR count). The molecular weight excluding hydrogens is 332 g/mol. The first-order chi connectivity index (χ1) is 12.7. The van der Waals surface area contributed by atoms with E-state index in [0.29, 0.717) is 13.2 Å². The molecule has 1 unspecified atom stereocenters. The van der Waals surface area contributed by atoms with Crippen LogP contribution in [-0.2, 0) is 30.9 Å². The van der Waals surface area contributed by atoms with Crippen LogP contribution in [0.2, 0.25) is 0 Å². The molecule has 2 N–H and O–H groups in total. The number of hydrogen-bond acceptors (Lipinski definition) is 5. The van der Waals surface area contributed by atoms with Crippen LogP contribution in [0.5, 0.6) is 5.75 Å². The van der Waals surface area contributed by atoms with Crippen LogP contribution in [0.15, 0.2) is 29.3 Å². The largest absolute Gasteiger partial charge is 0.497 e. The lowest BCUT2D eigenvalue weighted by molar-refractivity contribution is 0.177. The summed E-state index contributed by atoms with van der Waals surface area (Å²) >= 11 is 0. The number of nitrogens with zero attached hydrogens (tertiary/aromatic N) is 4. The van der Waals surface area contributed by atoms with Crippen LogP contribution in [0.3, 0.4) is 0 Å². The van der Waals surface area contributed by atoms with Crippen LogP contribution in [-0.4, -0.2) is 48.0 Å². The van der Waals surface area contributed by atoms with Gasteiger partial charge in [0.15, 0.2) is 11.8 Å². The van der Waals surface area contributed by atoms with E-state index in [-0.39, 0.29) is 6.04 Å². The molecule has 1 aromatic heterocycles. The molecule has 8 nitrogen and oxygen atoms in total. The second-order valence-corrected chi connectivity index (χ2v) is 6.22. The van der Waals surface area contributed by atoms with E-state index in [0.717, 1.165) is 48.3 Å². The minimum absolute atomic E-state index is 0.260. The number of ether oxygens (including phenoxy) is 2. The Hall–Kier alpha value is -2.61. The summed E-state index contributed by atoms with van der Waals surface area (Å²) < 4.78 is 12.3. The van der Waals surface area contributed by atoms with Crippen molar-refractivity contribution in [1.29, 1.82) is 0 Å². The fourth-order valence-corrected chi connectivity index (χ4v) is 3.02. The van der Waals surface area contributed by atoms with Gasteiger partial charge in [-0.15, -0.1) is 0 Å². The predicted octanol–water partition coefficient (Wildman–Crippen LogP) is 1.11. The number of aliphatic imine (C=N–C) groups is 1. The van der Waals surface area contributed by atoms with Gasteiger partial charge in [-0.05, 0) is 24.1 Å². The summed E-state index contributed by atoms with van der Waals surface area (Å²) in [6, 6.07) is 8.25. The maximum atomic E-state index is 5.26. The highest BCUT2D eigenvalue weighted by molar-refractivity contribution is 5.79. The van der Waals surface area contributed by atoms with Crippen molar-refractivity contribution in [2.24, 2.45) is 4.99 Å². The molecule has 0 fully saturated rings. The van der Waals surface area contributed by atoms with E-state index < -0.39 is 0 Å². The zero-order valence-corrected chi connectivity index (χ0v) is 15.5. The molecule has 1 aliphatic rings. The Bertz CT molecular complexity index is 758. The van der Waals surface area contributed by atoms with Crippen LogP contribution in [0.25, 0.3) is 0 Å². The van der Waals surface area contributed by atoms with Gasteiger partial charge in [0.2, 0.25) is 0 Å². The first kappa shape index (κ1) is 18.2. The quantitative estimate of drug-likeness (QED) is 0.594. The summed E-state index contributed by atoms with van der Waals surface area (Å²) in [4.78, 5) is 8.84. The van der Waals surface area contributed by atoms with Crippen molar-refractivity contribution in [3.05, 3.63) is 41.5 Å². The van der Waals surface area contributed by atoms with Crippen molar-refractivity contribution in [2.45, 2.75) is 38.6 Å². The predicted molar refractivity (Wildman–Crippen MR) is 99.2 cm³/mol. The van der Waals surface area contributed by atoms with Crippen LogP contribution in [0.4, 0.5) is 0 Å². The van der Waals surface area contributed by atoms with Gasteiger partial charge in [0.05, 0.1) is 13.7 Å². The van der Waals surface area contributed by atoms with Gasteiger partial charge in [-0.3, -0.25) is 4.99 Å². The Balaban J connectivity index is 1.55. The van der Waals surface area contributed by atoms with Gasteiger partial charge in [0.25, 0.3) is 0 Å². The standard InChI is InChI=1S/C18H26N6O2/c1-19-18(20-10-13-5-4-6-15(9-13)26-3)21-14-7-8-17-22-16(12-25-2)23-24(17)11-14/h4-6,9,14H,7-8,10-12H2,1-3H3,(H2,19,20,21). The van der Waals surface area contributed by atoms with Gasteiger partial charge in [-0.2, -0.15) is 5.10 Å². The van der Waals surface area contributed by atoms with Crippen LogP contribution < -0.4 is 15.4 Å². The van der Waals surface area contributed by atoms with Crippen LogP contribution >= 0.6 is 0 Å². The summed E-state index contributed by atoms with van der Waals surface area (Å²) in [5, 5.41) is 11.3. The van der Waals surface area contributed by atoms with E-state index >= 15 is 0 Å². The molecule has 0 bridgehead atoms. The third kappa shape index (κ3) is 4.51. The van der Waals surface area contributed by atoms with Gasteiger partial charge in [0, 0.05) is 33.2 Å². The first-order valence-electron chi connectivity index (χ1n) is 8.73. The number of nitrogens with one attached hydrogen (secondary N) is 2. The number of methoxy groups -OCH3 is 2. The molecule has 0 amide bonds. The maximum Gasteiger partial charge on any atom is 0.191 e. The number of aryl methyl sites for hydroxylation is 1. The summed E-state index contributed by atoms with van der Waals surface area (Å²) in [5.74, 6) is 3.39. The number of benzene rings is 1. The van der Waals surface area contributed by atoms with E-state index in [9.17, 15) is 0 Å². The number of rotatable bonds is 6. The van der Waals surface area contributed by atoms with Crippen LogP contribution in [0, 0.1) is 0 Å². The van der Waals surface area contributed by atoms with Gasteiger partial charge < -0.3 is 20.1 Å². The average Bonchev–Trinajstić information content (AvgIpc) is 3.07. The molecule has 0 saturated heterocycles. The Morgan fingerprint density at radius 2 is 2.27 bits per heavy atom.